The van der Waals surface area contributed by atoms with Gasteiger partial charge in [0.15, 0.2) is 0 Å². The number of hydrogen-bond acceptors (Lipinski definition) is 4. The Bertz CT molecular complexity index is 1020. The molecule has 0 radical (unpaired) electrons. The summed E-state index contributed by atoms with van der Waals surface area (Å²) in [4.78, 5) is 19.0. The van der Waals surface area contributed by atoms with Crippen LogP contribution in [0.1, 0.15) is 53.8 Å². The predicted molar refractivity (Wildman–Crippen MR) is 127 cm³/mol. The van der Waals surface area contributed by atoms with Crippen molar-refractivity contribution in [3.63, 3.8) is 0 Å². The lowest BCUT2D eigenvalue weighted by Gasteiger charge is -2.26. The molecule has 1 aliphatic carbocycles. The number of hydrogen-bond donors (Lipinski definition) is 2. The second kappa shape index (κ2) is 9.51. The molecular weight excluding hydrogens is 402 g/mol. The fourth-order valence-electron chi connectivity index (χ4n) is 5.25. The van der Waals surface area contributed by atoms with Crippen LogP contribution in [-0.2, 0) is 28.8 Å². The number of rotatable bonds is 6. The molecule has 1 aromatic heterocycles. The predicted octanol–water partition coefficient (Wildman–Crippen LogP) is 4.05. The molecule has 1 saturated heterocycles. The second-order valence-corrected chi connectivity index (χ2v) is 9.02. The van der Waals surface area contributed by atoms with Crippen molar-refractivity contribution in [2.75, 3.05) is 45.3 Å². The zero-order valence-corrected chi connectivity index (χ0v) is 19.0. The van der Waals surface area contributed by atoms with Crippen LogP contribution < -0.4 is 10.1 Å². The molecule has 0 unspecified atom stereocenters. The molecule has 2 N–H and O–H groups in total. The van der Waals surface area contributed by atoms with Crippen LogP contribution in [0.25, 0.3) is 11.6 Å². The molecule has 1 fully saturated rings. The van der Waals surface area contributed by atoms with Crippen molar-refractivity contribution in [2.45, 2.75) is 44.9 Å². The van der Waals surface area contributed by atoms with Gasteiger partial charge in [0.25, 0.3) is 5.91 Å². The molecule has 0 atom stereocenters. The van der Waals surface area contributed by atoms with E-state index in [1.54, 1.807) is 7.11 Å². The summed E-state index contributed by atoms with van der Waals surface area (Å²) >= 11 is 0. The average molecular weight is 436 g/mol. The summed E-state index contributed by atoms with van der Waals surface area (Å²) in [5.74, 6) is 0.719. The van der Waals surface area contributed by atoms with Crippen LogP contribution >= 0.6 is 0 Å². The van der Waals surface area contributed by atoms with Crippen molar-refractivity contribution in [3.05, 3.63) is 46.3 Å². The van der Waals surface area contributed by atoms with Crippen LogP contribution in [0.15, 0.2) is 18.2 Å². The summed E-state index contributed by atoms with van der Waals surface area (Å²) in [6.07, 6.45) is 10.2. The number of ether oxygens (including phenoxy) is 2. The third-order valence-corrected chi connectivity index (χ3v) is 7.00. The number of benzene rings is 1. The zero-order chi connectivity index (χ0) is 21.9. The first kappa shape index (κ1) is 21.3. The van der Waals surface area contributed by atoms with Gasteiger partial charge in [-0.3, -0.25) is 9.69 Å². The molecule has 0 bridgehead atoms. The quantitative estimate of drug-likeness (QED) is 0.531. The first-order chi connectivity index (χ1) is 15.7. The van der Waals surface area contributed by atoms with Gasteiger partial charge in [0.2, 0.25) is 0 Å². The van der Waals surface area contributed by atoms with E-state index in [2.05, 4.69) is 21.3 Å². The number of H-pyrrole nitrogens is 1. The molecule has 0 saturated carbocycles. The molecule has 170 valence electrons. The monoisotopic (exact) mass is 435 g/mol. The lowest BCUT2D eigenvalue weighted by molar-refractivity contribution is -0.110. The van der Waals surface area contributed by atoms with Gasteiger partial charge in [0, 0.05) is 35.7 Å². The standard InChI is InChI=1S/C26H33N3O3/c1-31-18-9-10-24-21(16-18)22(26(30)28-24)17-25-20(7-5-11-29-12-14-32-15-13-29)19-6-3-2-4-8-23(19)27-25/h9-10,16-17,27H,2-8,11-15H2,1H3,(H,28,30). The number of carbonyl (C=O) groups excluding carboxylic acids is 1. The summed E-state index contributed by atoms with van der Waals surface area (Å²) in [5.41, 5.74) is 7.87. The Morgan fingerprint density at radius 2 is 2.00 bits per heavy atom. The Kier molecular flexibility index (Phi) is 6.32. The average Bonchev–Trinajstić information content (AvgIpc) is 3.19. The Labute approximate surface area is 190 Å². The lowest BCUT2D eigenvalue weighted by Crippen LogP contribution is -2.37. The van der Waals surface area contributed by atoms with E-state index in [-0.39, 0.29) is 5.91 Å². The number of aromatic nitrogens is 1. The third kappa shape index (κ3) is 4.34. The number of aryl methyl sites for hydroxylation is 1. The van der Waals surface area contributed by atoms with Crippen molar-refractivity contribution < 1.29 is 14.3 Å². The topological polar surface area (TPSA) is 66.6 Å². The molecule has 32 heavy (non-hydrogen) atoms. The molecule has 2 aliphatic heterocycles. The second-order valence-electron chi connectivity index (χ2n) is 9.02. The molecule has 2 aromatic rings. The van der Waals surface area contributed by atoms with E-state index in [1.165, 1.54) is 36.1 Å². The molecule has 6 heteroatoms. The van der Waals surface area contributed by atoms with Gasteiger partial charge >= 0.3 is 0 Å². The maximum atomic E-state index is 12.8. The number of nitrogens with zero attached hydrogens (tertiary/aromatic N) is 1. The van der Waals surface area contributed by atoms with E-state index in [0.717, 1.165) is 81.2 Å². The number of methoxy groups -OCH3 is 1. The highest BCUT2D eigenvalue weighted by Crippen LogP contribution is 2.37. The van der Waals surface area contributed by atoms with Gasteiger partial charge in [-0.2, -0.15) is 0 Å². The van der Waals surface area contributed by atoms with Crippen molar-refractivity contribution in [2.24, 2.45) is 0 Å². The summed E-state index contributed by atoms with van der Waals surface area (Å²) < 4.78 is 10.9. The van der Waals surface area contributed by atoms with Crippen LogP contribution in [-0.4, -0.2) is 55.7 Å². The Balaban J connectivity index is 1.45. The fourth-order valence-corrected chi connectivity index (χ4v) is 5.25. The summed E-state index contributed by atoms with van der Waals surface area (Å²) in [7, 11) is 1.66. The number of morpholine rings is 1. The number of anilines is 1. The molecule has 1 amide bonds. The number of carbonyl (C=O) groups is 1. The fraction of sp³-hybridized carbons (Fsp3) is 0.500. The van der Waals surface area contributed by atoms with Gasteiger partial charge in [0.05, 0.1) is 25.9 Å². The van der Waals surface area contributed by atoms with Gasteiger partial charge in [-0.25, -0.2) is 0 Å². The molecule has 3 heterocycles. The summed E-state index contributed by atoms with van der Waals surface area (Å²) in [6, 6.07) is 5.75. The van der Waals surface area contributed by atoms with Crippen molar-refractivity contribution >= 4 is 23.2 Å². The third-order valence-electron chi connectivity index (χ3n) is 7.00. The van der Waals surface area contributed by atoms with Crippen molar-refractivity contribution in [3.8, 4) is 5.75 Å². The maximum absolute atomic E-state index is 12.8. The molecular formula is C26H33N3O3. The number of aromatic amines is 1. The minimum absolute atomic E-state index is 0.0442. The number of amides is 1. The van der Waals surface area contributed by atoms with Gasteiger partial charge < -0.3 is 19.8 Å². The van der Waals surface area contributed by atoms with E-state index < -0.39 is 0 Å². The molecule has 5 rings (SSSR count). The van der Waals surface area contributed by atoms with E-state index in [0.29, 0.717) is 5.57 Å². The molecule has 1 aromatic carbocycles. The Morgan fingerprint density at radius 3 is 2.84 bits per heavy atom. The first-order valence-corrected chi connectivity index (χ1v) is 12.0. The van der Waals surface area contributed by atoms with Gasteiger partial charge in [-0.1, -0.05) is 6.42 Å². The Morgan fingerprint density at radius 1 is 1.16 bits per heavy atom. The smallest absolute Gasteiger partial charge is 0.256 e. The molecule has 3 aliphatic rings. The summed E-state index contributed by atoms with van der Waals surface area (Å²) in [5, 5.41) is 3.00. The van der Waals surface area contributed by atoms with E-state index in [4.69, 9.17) is 9.47 Å². The van der Waals surface area contributed by atoms with Crippen LogP contribution in [0, 0.1) is 0 Å². The Hall–Kier alpha value is -2.57. The zero-order valence-electron chi connectivity index (χ0n) is 19.0. The highest BCUT2D eigenvalue weighted by atomic mass is 16.5. The van der Waals surface area contributed by atoms with Gasteiger partial charge in [-0.05, 0) is 80.5 Å². The molecule has 6 nitrogen and oxygen atoms in total. The molecule has 0 spiro atoms. The summed E-state index contributed by atoms with van der Waals surface area (Å²) in [6.45, 7) is 4.84. The van der Waals surface area contributed by atoms with Crippen molar-refractivity contribution in [1.29, 1.82) is 0 Å². The van der Waals surface area contributed by atoms with Crippen LogP contribution in [0.3, 0.4) is 0 Å². The SMILES string of the molecule is COc1ccc2c(c1)C(=Cc1[nH]c3c(c1CCCN1CCOCC1)CCCCC3)C(=O)N2. The highest BCUT2D eigenvalue weighted by molar-refractivity contribution is 6.35. The minimum atomic E-state index is -0.0442. The van der Waals surface area contributed by atoms with E-state index >= 15 is 0 Å². The highest BCUT2D eigenvalue weighted by Gasteiger charge is 2.26. The van der Waals surface area contributed by atoms with Crippen LogP contribution in [0.5, 0.6) is 5.75 Å². The maximum Gasteiger partial charge on any atom is 0.256 e. The normalized spacial score (nSPS) is 20.0. The van der Waals surface area contributed by atoms with E-state index in [9.17, 15) is 4.79 Å². The largest absolute Gasteiger partial charge is 0.497 e. The van der Waals surface area contributed by atoms with Crippen LogP contribution in [0.2, 0.25) is 0 Å². The van der Waals surface area contributed by atoms with Gasteiger partial charge in [-0.15, -0.1) is 0 Å². The number of nitrogens with one attached hydrogen (secondary N) is 2. The van der Waals surface area contributed by atoms with Crippen LogP contribution in [0.4, 0.5) is 5.69 Å². The van der Waals surface area contributed by atoms with E-state index in [1.807, 2.05) is 18.2 Å². The lowest BCUT2D eigenvalue weighted by atomic mass is 9.98. The number of fused-ring (bicyclic) bond motifs is 2. The first-order valence-electron chi connectivity index (χ1n) is 12.0. The van der Waals surface area contributed by atoms with Gasteiger partial charge in [0.1, 0.15) is 5.75 Å². The van der Waals surface area contributed by atoms with Crippen molar-refractivity contribution in [1.82, 2.24) is 9.88 Å². The minimum Gasteiger partial charge on any atom is -0.497 e.